The molecule has 0 aromatic carbocycles. The lowest BCUT2D eigenvalue weighted by molar-refractivity contribution is 0.420. The summed E-state index contributed by atoms with van der Waals surface area (Å²) < 4.78 is 5.04. The molecule has 0 fully saturated rings. The zero-order valence-corrected chi connectivity index (χ0v) is 8.86. The highest BCUT2D eigenvalue weighted by molar-refractivity contribution is 5.45. The predicted molar refractivity (Wildman–Crippen MR) is 58.0 cm³/mol. The zero-order valence-electron chi connectivity index (χ0n) is 8.86. The zero-order chi connectivity index (χ0) is 11.4. The Morgan fingerprint density at radius 3 is 3.12 bits per heavy atom. The number of likely N-dealkylation sites (N-methyl/N-ethyl adjacent to an activating group) is 1. The molecule has 0 aliphatic carbocycles. The summed E-state index contributed by atoms with van der Waals surface area (Å²) in [5.74, 6) is 0.956. The van der Waals surface area contributed by atoms with Crippen molar-refractivity contribution in [3.05, 3.63) is 34.4 Å². The first-order valence-electron chi connectivity index (χ1n) is 4.96. The van der Waals surface area contributed by atoms with E-state index in [2.05, 4.69) is 20.4 Å². The van der Waals surface area contributed by atoms with Crippen LogP contribution >= 0.6 is 0 Å². The number of pyridine rings is 1. The summed E-state index contributed by atoms with van der Waals surface area (Å²) in [7, 11) is 1.86. The molecule has 0 amide bonds. The average molecular weight is 220 g/mol. The van der Waals surface area contributed by atoms with Crippen LogP contribution in [0.2, 0.25) is 0 Å². The number of hydrogen-bond acceptors (Lipinski definition) is 5. The van der Waals surface area contributed by atoms with Crippen molar-refractivity contribution >= 4 is 0 Å². The summed E-state index contributed by atoms with van der Waals surface area (Å²) in [6.45, 7) is 0.782. The average Bonchev–Trinajstić information content (AvgIpc) is 2.75. The van der Waals surface area contributed by atoms with Gasteiger partial charge >= 0.3 is 0 Å². The summed E-state index contributed by atoms with van der Waals surface area (Å²) in [6, 6.07) is 4.80. The smallest absolute Gasteiger partial charge is 0.274 e. The highest BCUT2D eigenvalue weighted by Gasteiger charge is 2.08. The lowest BCUT2D eigenvalue weighted by atomic mass is 10.3. The maximum atomic E-state index is 11.1. The lowest BCUT2D eigenvalue weighted by Crippen LogP contribution is -2.11. The largest absolute Gasteiger partial charge is 0.332 e. The Bertz CT molecular complexity index is 517. The molecule has 2 N–H and O–H groups in total. The van der Waals surface area contributed by atoms with Crippen LogP contribution in [0.4, 0.5) is 0 Å². The monoisotopic (exact) mass is 220 g/mol. The number of nitrogens with one attached hydrogen (secondary N) is 2. The summed E-state index contributed by atoms with van der Waals surface area (Å²) in [5.41, 5.74) is 0.350. The van der Waals surface area contributed by atoms with Crippen molar-refractivity contribution in [2.75, 3.05) is 13.6 Å². The normalized spacial score (nSPS) is 10.6. The van der Waals surface area contributed by atoms with Gasteiger partial charge in [0.25, 0.3) is 5.89 Å². The summed E-state index contributed by atoms with van der Waals surface area (Å²) in [5, 5.41) is 6.81. The lowest BCUT2D eigenvalue weighted by Gasteiger charge is -1.92. The van der Waals surface area contributed by atoms with Crippen LogP contribution in [0.5, 0.6) is 0 Å². The molecule has 0 radical (unpaired) electrons. The van der Waals surface area contributed by atoms with Crippen LogP contribution in [0, 0.1) is 0 Å². The van der Waals surface area contributed by atoms with Crippen molar-refractivity contribution < 1.29 is 4.52 Å². The molecule has 2 aromatic heterocycles. The van der Waals surface area contributed by atoms with E-state index in [1.54, 1.807) is 12.1 Å². The number of aromatic amines is 1. The first-order chi connectivity index (χ1) is 7.79. The van der Waals surface area contributed by atoms with Gasteiger partial charge in [0.05, 0.1) is 0 Å². The fourth-order valence-electron chi connectivity index (χ4n) is 1.27. The van der Waals surface area contributed by atoms with E-state index in [1.807, 2.05) is 7.05 Å². The Labute approximate surface area is 91.7 Å². The van der Waals surface area contributed by atoms with Crippen LogP contribution in [0.25, 0.3) is 11.6 Å². The first-order valence-corrected chi connectivity index (χ1v) is 4.96. The maximum Gasteiger partial charge on any atom is 0.274 e. The molecule has 0 atom stereocenters. The van der Waals surface area contributed by atoms with E-state index in [9.17, 15) is 4.79 Å². The Kier molecular flexibility index (Phi) is 3.11. The molecule has 2 aromatic rings. The SMILES string of the molecule is CNCCc1noc(-c2cccc(=O)[nH]2)n1. The van der Waals surface area contributed by atoms with Crippen molar-refractivity contribution in [1.82, 2.24) is 20.4 Å². The number of rotatable bonds is 4. The topological polar surface area (TPSA) is 83.8 Å². The third-order valence-electron chi connectivity index (χ3n) is 2.07. The predicted octanol–water partition coefficient (Wildman–Crippen LogP) is 0.187. The second-order valence-electron chi connectivity index (χ2n) is 3.30. The molecule has 0 aliphatic rings. The van der Waals surface area contributed by atoms with E-state index in [0.29, 0.717) is 23.8 Å². The van der Waals surface area contributed by atoms with Crippen LogP contribution in [0.15, 0.2) is 27.5 Å². The van der Waals surface area contributed by atoms with Gasteiger partial charge in [-0.1, -0.05) is 11.2 Å². The minimum absolute atomic E-state index is 0.188. The van der Waals surface area contributed by atoms with Crippen molar-refractivity contribution in [2.24, 2.45) is 0 Å². The Morgan fingerprint density at radius 1 is 1.50 bits per heavy atom. The Hall–Kier alpha value is -1.95. The van der Waals surface area contributed by atoms with E-state index in [-0.39, 0.29) is 5.56 Å². The molecule has 0 unspecified atom stereocenters. The summed E-state index contributed by atoms with van der Waals surface area (Å²) in [6.07, 6.45) is 0.692. The molecule has 6 heteroatoms. The van der Waals surface area contributed by atoms with Gasteiger partial charge in [-0.2, -0.15) is 4.98 Å². The maximum absolute atomic E-state index is 11.1. The summed E-state index contributed by atoms with van der Waals surface area (Å²) in [4.78, 5) is 17.9. The molecule has 0 spiro atoms. The van der Waals surface area contributed by atoms with Crippen LogP contribution < -0.4 is 10.9 Å². The third kappa shape index (κ3) is 2.34. The molecular formula is C10H12N4O2. The van der Waals surface area contributed by atoms with Crippen molar-refractivity contribution in [3.63, 3.8) is 0 Å². The van der Waals surface area contributed by atoms with Gasteiger partial charge in [-0.15, -0.1) is 0 Å². The van der Waals surface area contributed by atoms with Gasteiger partial charge in [-0.25, -0.2) is 0 Å². The minimum Gasteiger partial charge on any atom is -0.332 e. The van der Waals surface area contributed by atoms with Crippen molar-refractivity contribution in [3.8, 4) is 11.6 Å². The number of hydrogen-bond donors (Lipinski definition) is 2. The van der Waals surface area contributed by atoms with E-state index >= 15 is 0 Å². The van der Waals surface area contributed by atoms with E-state index in [1.165, 1.54) is 6.07 Å². The molecule has 2 heterocycles. The quantitative estimate of drug-likeness (QED) is 0.768. The van der Waals surface area contributed by atoms with Crippen LogP contribution in [-0.2, 0) is 6.42 Å². The molecule has 2 rings (SSSR count). The van der Waals surface area contributed by atoms with Crippen LogP contribution in [-0.4, -0.2) is 28.7 Å². The van der Waals surface area contributed by atoms with Gasteiger partial charge in [-0.05, 0) is 13.1 Å². The summed E-state index contributed by atoms with van der Waals surface area (Å²) >= 11 is 0. The number of H-pyrrole nitrogens is 1. The fourth-order valence-corrected chi connectivity index (χ4v) is 1.27. The Balaban J connectivity index is 2.21. The number of aromatic nitrogens is 3. The molecule has 0 saturated heterocycles. The van der Waals surface area contributed by atoms with E-state index in [4.69, 9.17) is 4.52 Å². The third-order valence-corrected chi connectivity index (χ3v) is 2.07. The molecular weight excluding hydrogens is 208 g/mol. The Morgan fingerprint density at radius 2 is 2.38 bits per heavy atom. The van der Waals surface area contributed by atoms with E-state index in [0.717, 1.165) is 6.54 Å². The van der Waals surface area contributed by atoms with Crippen molar-refractivity contribution in [1.29, 1.82) is 0 Å². The van der Waals surface area contributed by atoms with Gasteiger partial charge < -0.3 is 14.8 Å². The highest BCUT2D eigenvalue weighted by atomic mass is 16.5. The standard InChI is InChI=1S/C10H12N4O2/c1-11-6-5-8-13-10(16-14-8)7-3-2-4-9(15)12-7/h2-4,11H,5-6H2,1H3,(H,12,15). The van der Waals surface area contributed by atoms with Gasteiger partial charge in [-0.3, -0.25) is 4.79 Å². The van der Waals surface area contributed by atoms with Crippen molar-refractivity contribution in [2.45, 2.75) is 6.42 Å². The van der Waals surface area contributed by atoms with Gasteiger partial charge in [0, 0.05) is 19.0 Å². The molecule has 0 aliphatic heterocycles. The highest BCUT2D eigenvalue weighted by Crippen LogP contribution is 2.11. The van der Waals surface area contributed by atoms with Gasteiger partial charge in [0.15, 0.2) is 5.82 Å². The van der Waals surface area contributed by atoms with E-state index < -0.39 is 0 Å². The second kappa shape index (κ2) is 4.71. The molecule has 16 heavy (non-hydrogen) atoms. The van der Waals surface area contributed by atoms with Gasteiger partial charge in [0.1, 0.15) is 5.69 Å². The molecule has 0 saturated carbocycles. The van der Waals surface area contributed by atoms with Gasteiger partial charge in [0.2, 0.25) is 5.56 Å². The second-order valence-corrected chi connectivity index (χ2v) is 3.30. The minimum atomic E-state index is -0.188. The number of nitrogens with zero attached hydrogens (tertiary/aromatic N) is 2. The van der Waals surface area contributed by atoms with Crippen LogP contribution in [0.1, 0.15) is 5.82 Å². The molecule has 6 nitrogen and oxygen atoms in total. The van der Waals surface area contributed by atoms with Crippen LogP contribution in [0.3, 0.4) is 0 Å². The molecule has 0 bridgehead atoms. The fraction of sp³-hybridized carbons (Fsp3) is 0.300. The molecule has 84 valence electrons. The first kappa shape index (κ1) is 10.6.